The van der Waals surface area contributed by atoms with Crippen LogP contribution in [0.4, 0.5) is 0 Å². The number of aliphatic hydroxyl groups excluding tert-OH is 1. The predicted molar refractivity (Wildman–Crippen MR) is 101 cm³/mol. The molecule has 5 heteroatoms. The average molecular weight is 370 g/mol. The molecule has 1 N–H and O–H groups in total. The van der Waals surface area contributed by atoms with Gasteiger partial charge in [-0.3, -0.25) is 4.79 Å². The number of hydrogen-bond donors (Lipinski definition) is 1. The van der Waals surface area contributed by atoms with E-state index in [1.54, 1.807) is 6.92 Å². The van der Waals surface area contributed by atoms with Crippen molar-refractivity contribution in [2.45, 2.75) is 57.4 Å². The van der Waals surface area contributed by atoms with Crippen LogP contribution >= 0.6 is 0 Å². The topological polar surface area (TPSA) is 65.0 Å². The summed E-state index contributed by atoms with van der Waals surface area (Å²) in [5.74, 6) is -0.400. The molecule has 0 spiro atoms. The van der Waals surface area contributed by atoms with Gasteiger partial charge in [-0.05, 0) is 24.5 Å². The van der Waals surface area contributed by atoms with E-state index in [0.29, 0.717) is 12.8 Å². The first kappa shape index (κ1) is 19.5. The standard InChI is InChI=1S/C22H26O5/c1-15(25-16(2)23)19(24)13-14-20-26-21(17-9-5-3-6-10-17)22(27-20)18-11-7-4-8-12-18/h3-12,15,19-22,24H,13-14H2,1-2H3/t15-,19-,21-,22-/m0/s1. The number of rotatable bonds is 7. The highest BCUT2D eigenvalue weighted by Crippen LogP contribution is 2.43. The molecule has 144 valence electrons. The second-order valence-electron chi connectivity index (χ2n) is 6.82. The third-order valence-electron chi connectivity index (χ3n) is 4.72. The van der Waals surface area contributed by atoms with Crippen LogP contribution in [0, 0.1) is 0 Å². The lowest BCUT2D eigenvalue weighted by molar-refractivity contribution is -0.151. The second kappa shape index (κ2) is 9.13. The zero-order valence-electron chi connectivity index (χ0n) is 15.7. The van der Waals surface area contributed by atoms with E-state index in [0.717, 1.165) is 11.1 Å². The summed E-state index contributed by atoms with van der Waals surface area (Å²) in [5, 5.41) is 10.2. The summed E-state index contributed by atoms with van der Waals surface area (Å²) in [6.45, 7) is 3.02. The smallest absolute Gasteiger partial charge is 0.302 e. The van der Waals surface area contributed by atoms with Crippen molar-refractivity contribution >= 4 is 5.97 Å². The van der Waals surface area contributed by atoms with Crippen LogP contribution in [0.15, 0.2) is 60.7 Å². The van der Waals surface area contributed by atoms with Gasteiger partial charge in [-0.1, -0.05) is 60.7 Å². The van der Waals surface area contributed by atoms with Gasteiger partial charge < -0.3 is 19.3 Å². The van der Waals surface area contributed by atoms with E-state index in [-0.39, 0.29) is 12.2 Å². The lowest BCUT2D eigenvalue weighted by Gasteiger charge is -2.20. The van der Waals surface area contributed by atoms with Crippen LogP contribution in [-0.4, -0.2) is 29.6 Å². The molecule has 0 saturated carbocycles. The number of ether oxygens (including phenoxy) is 3. The first-order chi connectivity index (χ1) is 13.0. The Bertz CT molecular complexity index is 670. The summed E-state index contributed by atoms with van der Waals surface area (Å²) >= 11 is 0. The van der Waals surface area contributed by atoms with E-state index >= 15 is 0 Å². The van der Waals surface area contributed by atoms with Crippen LogP contribution in [0.1, 0.15) is 50.0 Å². The van der Waals surface area contributed by atoms with E-state index in [2.05, 4.69) is 0 Å². The number of benzene rings is 2. The summed E-state index contributed by atoms with van der Waals surface area (Å²) in [4.78, 5) is 11.0. The Morgan fingerprint density at radius 1 is 1.00 bits per heavy atom. The molecule has 0 amide bonds. The number of carbonyl (C=O) groups is 1. The van der Waals surface area contributed by atoms with Crippen LogP contribution in [0.5, 0.6) is 0 Å². The molecule has 27 heavy (non-hydrogen) atoms. The van der Waals surface area contributed by atoms with Gasteiger partial charge in [0, 0.05) is 13.3 Å². The molecule has 0 unspecified atom stereocenters. The van der Waals surface area contributed by atoms with Crippen molar-refractivity contribution in [3.8, 4) is 0 Å². The Kier molecular flexibility index (Phi) is 6.61. The third-order valence-corrected chi connectivity index (χ3v) is 4.72. The Morgan fingerprint density at radius 3 is 1.93 bits per heavy atom. The fraction of sp³-hybridized carbons (Fsp3) is 0.409. The molecule has 1 fully saturated rings. The van der Waals surface area contributed by atoms with Gasteiger partial charge in [0.25, 0.3) is 0 Å². The summed E-state index contributed by atoms with van der Waals surface area (Å²) in [7, 11) is 0. The second-order valence-corrected chi connectivity index (χ2v) is 6.82. The molecule has 0 radical (unpaired) electrons. The van der Waals surface area contributed by atoms with Crippen LogP contribution in [0.3, 0.4) is 0 Å². The molecule has 2 aromatic carbocycles. The Labute approximate surface area is 159 Å². The molecule has 2 aromatic rings. The van der Waals surface area contributed by atoms with E-state index in [1.807, 2.05) is 60.7 Å². The fourth-order valence-corrected chi connectivity index (χ4v) is 3.31. The minimum absolute atomic E-state index is 0.207. The van der Waals surface area contributed by atoms with Crippen LogP contribution in [0.25, 0.3) is 0 Å². The number of hydrogen-bond acceptors (Lipinski definition) is 5. The fourth-order valence-electron chi connectivity index (χ4n) is 3.31. The lowest BCUT2D eigenvalue weighted by atomic mass is 9.99. The molecule has 0 aliphatic carbocycles. The Morgan fingerprint density at radius 2 is 1.48 bits per heavy atom. The quantitative estimate of drug-likeness (QED) is 0.748. The van der Waals surface area contributed by atoms with Crippen LogP contribution in [-0.2, 0) is 19.0 Å². The zero-order valence-corrected chi connectivity index (χ0v) is 15.7. The van der Waals surface area contributed by atoms with Gasteiger partial charge in [0.2, 0.25) is 0 Å². The average Bonchev–Trinajstić information content (AvgIpc) is 3.11. The van der Waals surface area contributed by atoms with Gasteiger partial charge in [0.15, 0.2) is 6.29 Å². The molecule has 4 atom stereocenters. The summed E-state index contributed by atoms with van der Waals surface area (Å²) in [6, 6.07) is 20.0. The first-order valence-corrected chi connectivity index (χ1v) is 9.30. The largest absolute Gasteiger partial charge is 0.460 e. The predicted octanol–water partition coefficient (Wildman–Crippen LogP) is 3.93. The van der Waals surface area contributed by atoms with Crippen LogP contribution < -0.4 is 0 Å². The Hall–Kier alpha value is -2.21. The maximum absolute atomic E-state index is 11.0. The molecule has 0 bridgehead atoms. The molecular formula is C22H26O5. The van der Waals surface area contributed by atoms with Gasteiger partial charge in [-0.15, -0.1) is 0 Å². The van der Waals surface area contributed by atoms with Crippen molar-refractivity contribution < 1.29 is 24.1 Å². The maximum atomic E-state index is 11.0. The number of esters is 1. The monoisotopic (exact) mass is 370 g/mol. The minimum atomic E-state index is -0.757. The highest BCUT2D eigenvalue weighted by atomic mass is 16.7. The van der Waals surface area contributed by atoms with Crippen molar-refractivity contribution in [1.29, 1.82) is 0 Å². The molecule has 5 nitrogen and oxygen atoms in total. The van der Waals surface area contributed by atoms with Crippen molar-refractivity contribution in [2.24, 2.45) is 0 Å². The van der Waals surface area contributed by atoms with E-state index in [4.69, 9.17) is 14.2 Å². The number of aliphatic hydroxyl groups is 1. The molecule has 0 aromatic heterocycles. The van der Waals surface area contributed by atoms with E-state index in [1.165, 1.54) is 6.92 Å². The molecular weight excluding hydrogens is 344 g/mol. The van der Waals surface area contributed by atoms with Crippen molar-refractivity contribution in [3.63, 3.8) is 0 Å². The van der Waals surface area contributed by atoms with Gasteiger partial charge in [0.05, 0.1) is 6.10 Å². The van der Waals surface area contributed by atoms with Crippen molar-refractivity contribution in [3.05, 3.63) is 71.8 Å². The summed E-state index contributed by atoms with van der Waals surface area (Å²) in [6.07, 6.45) is -1.23. The molecule has 3 rings (SSSR count). The molecule has 1 heterocycles. The van der Waals surface area contributed by atoms with Gasteiger partial charge >= 0.3 is 5.97 Å². The van der Waals surface area contributed by atoms with Gasteiger partial charge in [0.1, 0.15) is 18.3 Å². The third kappa shape index (κ3) is 5.16. The summed E-state index contributed by atoms with van der Waals surface area (Å²) in [5.41, 5.74) is 2.12. The first-order valence-electron chi connectivity index (χ1n) is 9.30. The SMILES string of the molecule is CC(=O)O[C@@H](C)[C@@H](O)CCC1O[C@@H](c2ccccc2)[C@H](c2ccccc2)O1. The molecule has 1 saturated heterocycles. The van der Waals surface area contributed by atoms with E-state index in [9.17, 15) is 9.90 Å². The van der Waals surface area contributed by atoms with E-state index < -0.39 is 24.5 Å². The number of carbonyl (C=O) groups excluding carboxylic acids is 1. The van der Waals surface area contributed by atoms with Crippen LogP contribution in [0.2, 0.25) is 0 Å². The van der Waals surface area contributed by atoms with Gasteiger partial charge in [-0.2, -0.15) is 0 Å². The minimum Gasteiger partial charge on any atom is -0.460 e. The Balaban J connectivity index is 1.67. The highest BCUT2D eigenvalue weighted by molar-refractivity contribution is 5.66. The lowest BCUT2D eigenvalue weighted by Crippen LogP contribution is -2.29. The maximum Gasteiger partial charge on any atom is 0.302 e. The van der Waals surface area contributed by atoms with Crippen molar-refractivity contribution in [1.82, 2.24) is 0 Å². The van der Waals surface area contributed by atoms with Crippen molar-refractivity contribution in [2.75, 3.05) is 0 Å². The highest BCUT2D eigenvalue weighted by Gasteiger charge is 2.38. The summed E-state index contributed by atoms with van der Waals surface area (Å²) < 4.78 is 17.4. The zero-order chi connectivity index (χ0) is 19.2. The van der Waals surface area contributed by atoms with Gasteiger partial charge in [-0.25, -0.2) is 0 Å². The molecule has 1 aliphatic rings. The normalized spacial score (nSPS) is 22.3. The molecule has 1 aliphatic heterocycles.